The number of hydrogen-bond donors (Lipinski definition) is 2. The van der Waals surface area contributed by atoms with Crippen LogP contribution in [0.15, 0.2) is 24.3 Å². The van der Waals surface area contributed by atoms with E-state index < -0.39 is 7.82 Å². The molecule has 1 aromatic carbocycles. The van der Waals surface area contributed by atoms with Crippen molar-refractivity contribution in [1.29, 1.82) is 0 Å². The SMILES string of the molecule is CC(C)(C)c1ccc(OP(=O)(O)O)cc1.[NaH].[NaH]. The van der Waals surface area contributed by atoms with Gasteiger partial charge in [-0.1, -0.05) is 32.9 Å². The van der Waals surface area contributed by atoms with Crippen LogP contribution in [0.5, 0.6) is 5.75 Å². The fraction of sp³-hybridized carbons (Fsp3) is 0.400. The van der Waals surface area contributed by atoms with Gasteiger partial charge in [0.2, 0.25) is 0 Å². The van der Waals surface area contributed by atoms with Crippen LogP contribution in [0.25, 0.3) is 0 Å². The molecule has 1 rings (SSSR count). The molecule has 0 saturated heterocycles. The number of hydrogen-bond acceptors (Lipinski definition) is 2. The molecule has 0 fully saturated rings. The van der Waals surface area contributed by atoms with Gasteiger partial charge in [-0.15, -0.1) is 0 Å². The molecule has 0 saturated carbocycles. The molecule has 0 bridgehead atoms. The van der Waals surface area contributed by atoms with Gasteiger partial charge in [0.1, 0.15) is 5.75 Å². The zero-order chi connectivity index (χ0) is 11.7. The Morgan fingerprint density at radius 1 is 1.06 bits per heavy atom. The van der Waals surface area contributed by atoms with Crippen LogP contribution in [0, 0.1) is 0 Å². The molecule has 1 aromatic rings. The van der Waals surface area contributed by atoms with Crippen LogP contribution in [0.1, 0.15) is 26.3 Å². The Bertz CT molecular complexity index is 380. The predicted octanol–water partition coefficient (Wildman–Crippen LogP) is 1.16. The Labute approximate surface area is 146 Å². The van der Waals surface area contributed by atoms with E-state index in [1.54, 1.807) is 24.3 Å². The van der Waals surface area contributed by atoms with Crippen molar-refractivity contribution >= 4 is 66.9 Å². The van der Waals surface area contributed by atoms with Gasteiger partial charge in [0, 0.05) is 0 Å². The standard InChI is InChI=1S/C10H15O4P.2Na.2H/c1-10(2,3)8-4-6-9(7-5-8)14-15(11,12)13;;;;/h4-7H,1-3H3,(H2,11,12,13);;;;. The summed E-state index contributed by atoms with van der Waals surface area (Å²) in [5.74, 6) is 0.177. The Morgan fingerprint density at radius 2 is 1.47 bits per heavy atom. The van der Waals surface area contributed by atoms with Crippen LogP contribution in [-0.2, 0) is 9.98 Å². The van der Waals surface area contributed by atoms with E-state index in [2.05, 4.69) is 25.3 Å². The minimum atomic E-state index is -4.44. The summed E-state index contributed by atoms with van der Waals surface area (Å²) >= 11 is 0. The van der Waals surface area contributed by atoms with Gasteiger partial charge in [-0.3, -0.25) is 9.79 Å². The maximum atomic E-state index is 10.6. The second kappa shape index (κ2) is 7.68. The van der Waals surface area contributed by atoms with Crippen molar-refractivity contribution in [1.82, 2.24) is 0 Å². The van der Waals surface area contributed by atoms with E-state index in [1.165, 1.54) is 0 Å². The van der Waals surface area contributed by atoms with Crippen molar-refractivity contribution < 1.29 is 18.9 Å². The summed E-state index contributed by atoms with van der Waals surface area (Å²) in [6.45, 7) is 6.18. The molecular weight excluding hydrogens is 261 g/mol. The summed E-state index contributed by atoms with van der Waals surface area (Å²) in [5, 5.41) is 0. The molecule has 7 heteroatoms. The van der Waals surface area contributed by atoms with Gasteiger partial charge in [-0.25, -0.2) is 4.57 Å². The molecular formula is C10H17Na2O4P. The van der Waals surface area contributed by atoms with Crippen LogP contribution in [0.3, 0.4) is 0 Å². The number of rotatable bonds is 2. The van der Waals surface area contributed by atoms with E-state index in [-0.39, 0.29) is 70.3 Å². The number of phosphoric ester groups is 1. The molecule has 0 aliphatic carbocycles. The first-order valence-electron chi connectivity index (χ1n) is 4.54. The molecule has 0 aliphatic rings. The number of phosphoric acid groups is 1. The topological polar surface area (TPSA) is 66.8 Å². The first kappa shape index (κ1) is 20.5. The van der Waals surface area contributed by atoms with Crippen LogP contribution in [0.2, 0.25) is 0 Å². The predicted molar refractivity (Wildman–Crippen MR) is 72.1 cm³/mol. The number of benzene rings is 1. The van der Waals surface area contributed by atoms with E-state index >= 15 is 0 Å². The molecule has 0 aliphatic heterocycles. The summed E-state index contributed by atoms with van der Waals surface area (Å²) in [5.41, 5.74) is 1.10. The fourth-order valence-electron chi connectivity index (χ4n) is 1.15. The third-order valence-corrected chi connectivity index (χ3v) is 2.39. The normalized spacial score (nSPS) is 11.1. The van der Waals surface area contributed by atoms with E-state index in [0.717, 1.165) is 5.56 Å². The molecule has 0 radical (unpaired) electrons. The molecule has 17 heavy (non-hydrogen) atoms. The van der Waals surface area contributed by atoms with Crippen molar-refractivity contribution in [3.63, 3.8) is 0 Å². The van der Waals surface area contributed by atoms with Crippen LogP contribution >= 0.6 is 7.82 Å². The van der Waals surface area contributed by atoms with E-state index in [4.69, 9.17) is 9.79 Å². The molecule has 0 spiro atoms. The average Bonchev–Trinajstić information content (AvgIpc) is 2.00. The monoisotopic (exact) mass is 278 g/mol. The molecule has 2 N–H and O–H groups in total. The third-order valence-electron chi connectivity index (χ3n) is 1.94. The van der Waals surface area contributed by atoms with E-state index in [1.807, 2.05) is 0 Å². The van der Waals surface area contributed by atoms with E-state index in [9.17, 15) is 4.57 Å². The summed E-state index contributed by atoms with van der Waals surface area (Å²) < 4.78 is 15.0. The maximum absolute atomic E-state index is 10.6. The summed E-state index contributed by atoms with van der Waals surface area (Å²) in [7, 11) is -4.44. The molecule has 0 heterocycles. The molecule has 88 valence electrons. The first-order valence-corrected chi connectivity index (χ1v) is 6.07. The quantitative estimate of drug-likeness (QED) is 0.629. The van der Waals surface area contributed by atoms with Crippen molar-refractivity contribution in [2.75, 3.05) is 0 Å². The second-order valence-electron chi connectivity index (χ2n) is 4.36. The molecule has 0 amide bonds. The Hall–Kier alpha value is 1.17. The Kier molecular flexibility index (Phi) is 9.26. The molecule has 0 unspecified atom stereocenters. The first-order chi connectivity index (χ1) is 6.68. The van der Waals surface area contributed by atoms with Crippen molar-refractivity contribution in [3.05, 3.63) is 29.8 Å². The fourth-order valence-corrected chi connectivity index (χ4v) is 1.55. The van der Waals surface area contributed by atoms with Gasteiger partial charge in [-0.05, 0) is 23.1 Å². The van der Waals surface area contributed by atoms with Gasteiger partial charge in [-0.2, -0.15) is 0 Å². The van der Waals surface area contributed by atoms with Gasteiger partial charge < -0.3 is 4.52 Å². The van der Waals surface area contributed by atoms with Gasteiger partial charge in [0.15, 0.2) is 0 Å². The summed E-state index contributed by atoms with van der Waals surface area (Å²) in [6.07, 6.45) is 0. The zero-order valence-electron chi connectivity index (χ0n) is 8.97. The molecule has 0 atom stereocenters. The van der Waals surface area contributed by atoms with E-state index in [0.29, 0.717) is 0 Å². The van der Waals surface area contributed by atoms with Crippen molar-refractivity contribution in [2.24, 2.45) is 0 Å². The minimum absolute atomic E-state index is 0. The Morgan fingerprint density at radius 3 is 1.76 bits per heavy atom. The van der Waals surface area contributed by atoms with Crippen LogP contribution < -0.4 is 4.52 Å². The van der Waals surface area contributed by atoms with Crippen molar-refractivity contribution in [3.8, 4) is 5.75 Å². The summed E-state index contributed by atoms with van der Waals surface area (Å²) in [6, 6.07) is 6.70. The van der Waals surface area contributed by atoms with Gasteiger partial charge in [0.05, 0.1) is 0 Å². The molecule has 4 nitrogen and oxygen atoms in total. The third kappa shape index (κ3) is 8.04. The van der Waals surface area contributed by atoms with Gasteiger partial charge in [0.25, 0.3) is 0 Å². The summed E-state index contributed by atoms with van der Waals surface area (Å²) in [4.78, 5) is 17.2. The van der Waals surface area contributed by atoms with Crippen LogP contribution in [-0.4, -0.2) is 68.9 Å². The zero-order valence-corrected chi connectivity index (χ0v) is 9.86. The Balaban J connectivity index is 0. The van der Waals surface area contributed by atoms with Gasteiger partial charge >= 0.3 is 66.9 Å². The molecule has 0 aromatic heterocycles. The average molecular weight is 278 g/mol. The van der Waals surface area contributed by atoms with Crippen molar-refractivity contribution in [2.45, 2.75) is 26.2 Å². The second-order valence-corrected chi connectivity index (χ2v) is 5.52. The van der Waals surface area contributed by atoms with Crippen LogP contribution in [0.4, 0.5) is 0 Å².